The topological polar surface area (TPSA) is 110 Å². The molecule has 0 spiro atoms. The number of nitrogens with one attached hydrogen (secondary N) is 1. The molecule has 1 aliphatic heterocycles. The van der Waals surface area contributed by atoms with Gasteiger partial charge in [-0.05, 0) is 60.9 Å². The van der Waals surface area contributed by atoms with E-state index in [1.54, 1.807) is 37.5 Å². The molecule has 1 atom stereocenters. The van der Waals surface area contributed by atoms with Gasteiger partial charge in [-0.15, -0.1) is 0 Å². The van der Waals surface area contributed by atoms with Crippen LogP contribution < -0.4 is 14.2 Å². The average Bonchev–Trinajstić information content (AvgIpc) is 3.57. The predicted octanol–water partition coefficient (Wildman–Crippen LogP) is 4.76. The van der Waals surface area contributed by atoms with Crippen LogP contribution in [0.5, 0.6) is 23.0 Å². The molecular formula is C27H27N3O6. The first-order valence-corrected chi connectivity index (χ1v) is 11.4. The average molecular weight is 490 g/mol. The van der Waals surface area contributed by atoms with Crippen molar-refractivity contribution in [2.24, 2.45) is 0 Å². The number of aromatic amines is 1. The number of aromatic nitrogens is 2. The number of carbonyl (C=O) groups excluding carboxylic acids is 1. The molecule has 0 bridgehead atoms. The van der Waals surface area contributed by atoms with Gasteiger partial charge in [0, 0.05) is 11.1 Å². The number of H-pyrrole nitrogens is 1. The van der Waals surface area contributed by atoms with Crippen LogP contribution in [-0.4, -0.2) is 47.4 Å². The number of phenols is 1. The normalized spacial score (nSPS) is 14.8. The number of furan rings is 1. The molecule has 0 saturated carbocycles. The number of fused-ring (bicyclic) bond motifs is 1. The van der Waals surface area contributed by atoms with Crippen LogP contribution >= 0.6 is 0 Å². The van der Waals surface area contributed by atoms with Crippen LogP contribution in [0.15, 0.2) is 47.1 Å². The molecule has 2 aromatic heterocycles. The summed E-state index contributed by atoms with van der Waals surface area (Å²) in [4.78, 5) is 15.4. The minimum atomic E-state index is -0.569. The number of carbonyl (C=O) groups is 1. The maximum atomic E-state index is 13.7. The molecule has 9 heteroatoms. The second-order valence-electron chi connectivity index (χ2n) is 8.71. The molecule has 5 rings (SSSR count). The number of amides is 1. The van der Waals surface area contributed by atoms with Crippen molar-refractivity contribution in [2.45, 2.75) is 26.4 Å². The number of hydrogen-bond donors (Lipinski definition) is 2. The zero-order valence-electron chi connectivity index (χ0n) is 20.7. The second-order valence-corrected chi connectivity index (χ2v) is 8.71. The Bertz CT molecular complexity index is 1390. The summed E-state index contributed by atoms with van der Waals surface area (Å²) in [5, 5.41) is 18.3. The number of aromatic hydroxyl groups is 1. The van der Waals surface area contributed by atoms with Gasteiger partial charge in [0.2, 0.25) is 5.75 Å². The fourth-order valence-corrected chi connectivity index (χ4v) is 4.98. The van der Waals surface area contributed by atoms with Gasteiger partial charge in [-0.2, -0.15) is 5.10 Å². The Labute approximate surface area is 208 Å². The van der Waals surface area contributed by atoms with Crippen molar-refractivity contribution in [1.29, 1.82) is 0 Å². The zero-order chi connectivity index (χ0) is 25.6. The molecule has 9 nitrogen and oxygen atoms in total. The molecule has 4 aromatic rings. The highest BCUT2D eigenvalue weighted by molar-refractivity contribution is 6.00. The summed E-state index contributed by atoms with van der Waals surface area (Å²) < 4.78 is 22.3. The third-order valence-corrected chi connectivity index (χ3v) is 6.47. The molecule has 1 aliphatic rings. The van der Waals surface area contributed by atoms with Crippen LogP contribution in [0.1, 0.15) is 44.5 Å². The monoisotopic (exact) mass is 489 g/mol. The third kappa shape index (κ3) is 3.64. The third-order valence-electron chi connectivity index (χ3n) is 6.47. The van der Waals surface area contributed by atoms with E-state index >= 15 is 0 Å². The smallest absolute Gasteiger partial charge is 0.273 e. The van der Waals surface area contributed by atoms with Crippen LogP contribution in [-0.2, 0) is 6.54 Å². The Morgan fingerprint density at radius 1 is 1.08 bits per heavy atom. The first-order valence-electron chi connectivity index (χ1n) is 11.4. The highest BCUT2D eigenvalue weighted by atomic mass is 16.5. The lowest BCUT2D eigenvalue weighted by Gasteiger charge is -2.27. The number of phenolic OH excluding ortho intramolecular Hbond substituents is 1. The quantitative estimate of drug-likeness (QED) is 0.385. The summed E-state index contributed by atoms with van der Waals surface area (Å²) in [6.07, 6.45) is 1.57. The summed E-state index contributed by atoms with van der Waals surface area (Å²) in [6, 6.07) is 10.3. The highest BCUT2D eigenvalue weighted by Crippen LogP contribution is 2.49. The molecule has 3 heterocycles. The minimum absolute atomic E-state index is 0.0994. The number of rotatable bonds is 7. The SMILES string of the molecule is COc1cc([C@H]2c3c(-c4c(C)cc(C)cc4O)n[nH]c3C(=O)N2Cc2ccco2)cc(OC)c1OC. The van der Waals surface area contributed by atoms with E-state index in [0.29, 0.717) is 45.5 Å². The fraction of sp³-hybridized carbons (Fsp3) is 0.259. The lowest BCUT2D eigenvalue weighted by molar-refractivity contribution is 0.0716. The Hall–Kier alpha value is -4.40. The lowest BCUT2D eigenvalue weighted by atomic mass is 9.92. The molecule has 0 aliphatic carbocycles. The van der Waals surface area contributed by atoms with E-state index in [1.165, 1.54) is 7.11 Å². The Morgan fingerprint density at radius 2 is 1.81 bits per heavy atom. The molecule has 1 amide bonds. The molecule has 0 saturated heterocycles. The number of methoxy groups -OCH3 is 3. The maximum Gasteiger partial charge on any atom is 0.273 e. The molecule has 0 fully saturated rings. The highest BCUT2D eigenvalue weighted by Gasteiger charge is 2.43. The van der Waals surface area contributed by atoms with Crippen molar-refractivity contribution in [3.05, 3.63) is 76.4 Å². The molecule has 0 unspecified atom stereocenters. The van der Waals surface area contributed by atoms with E-state index in [4.69, 9.17) is 18.6 Å². The standard InChI is InChI=1S/C27H27N3O6/c1-14-9-15(2)21(18(31)10-14)23-22-24(29-28-23)27(32)30(13-17-7-6-8-36-17)25(22)16-11-19(33-3)26(35-5)20(12-16)34-4/h6-12,25,31H,13H2,1-5H3,(H,28,29)/t25-/m0/s1. The van der Waals surface area contributed by atoms with E-state index < -0.39 is 6.04 Å². The lowest BCUT2D eigenvalue weighted by Crippen LogP contribution is -2.29. The largest absolute Gasteiger partial charge is 0.507 e. The summed E-state index contributed by atoms with van der Waals surface area (Å²) in [6.45, 7) is 4.06. The Morgan fingerprint density at radius 3 is 2.39 bits per heavy atom. The van der Waals surface area contributed by atoms with Crippen molar-refractivity contribution >= 4 is 5.91 Å². The van der Waals surface area contributed by atoms with E-state index in [1.807, 2.05) is 38.1 Å². The van der Waals surface area contributed by atoms with Gasteiger partial charge in [0.15, 0.2) is 11.5 Å². The van der Waals surface area contributed by atoms with Crippen LogP contribution in [0.2, 0.25) is 0 Å². The van der Waals surface area contributed by atoms with Gasteiger partial charge >= 0.3 is 0 Å². The summed E-state index contributed by atoms with van der Waals surface area (Å²) >= 11 is 0. The van der Waals surface area contributed by atoms with E-state index in [0.717, 1.165) is 16.7 Å². The molecular weight excluding hydrogens is 462 g/mol. The van der Waals surface area contributed by atoms with Crippen LogP contribution in [0.4, 0.5) is 0 Å². The number of ether oxygens (including phenoxy) is 3. The maximum absolute atomic E-state index is 13.7. The van der Waals surface area contributed by atoms with Gasteiger partial charge in [-0.25, -0.2) is 0 Å². The first-order chi connectivity index (χ1) is 17.4. The van der Waals surface area contributed by atoms with Gasteiger partial charge < -0.3 is 28.6 Å². The number of hydrogen-bond acceptors (Lipinski definition) is 7. The van der Waals surface area contributed by atoms with E-state index in [2.05, 4.69) is 10.2 Å². The van der Waals surface area contributed by atoms with E-state index in [-0.39, 0.29) is 18.2 Å². The molecule has 2 aromatic carbocycles. The van der Waals surface area contributed by atoms with Crippen molar-refractivity contribution in [3.8, 4) is 34.3 Å². The summed E-state index contributed by atoms with van der Waals surface area (Å²) in [5.74, 6) is 1.88. The number of benzene rings is 2. The summed E-state index contributed by atoms with van der Waals surface area (Å²) in [5.41, 5.74) is 4.60. The Balaban J connectivity index is 1.75. The van der Waals surface area contributed by atoms with Gasteiger partial charge in [0.25, 0.3) is 5.91 Å². The molecule has 186 valence electrons. The van der Waals surface area contributed by atoms with Crippen LogP contribution in [0.3, 0.4) is 0 Å². The number of aryl methyl sites for hydroxylation is 2. The molecule has 0 radical (unpaired) electrons. The zero-order valence-corrected chi connectivity index (χ0v) is 20.7. The number of nitrogens with zero attached hydrogens (tertiary/aromatic N) is 2. The molecule has 2 N–H and O–H groups in total. The van der Waals surface area contributed by atoms with Crippen molar-refractivity contribution in [1.82, 2.24) is 15.1 Å². The van der Waals surface area contributed by atoms with Gasteiger partial charge in [0.05, 0.1) is 40.2 Å². The predicted molar refractivity (Wildman–Crippen MR) is 132 cm³/mol. The fourth-order valence-electron chi connectivity index (χ4n) is 4.98. The molecule has 36 heavy (non-hydrogen) atoms. The Kier molecular flexibility index (Phi) is 5.83. The van der Waals surface area contributed by atoms with E-state index in [9.17, 15) is 9.90 Å². The van der Waals surface area contributed by atoms with Gasteiger partial charge in [0.1, 0.15) is 22.9 Å². The van der Waals surface area contributed by atoms with Crippen molar-refractivity contribution in [3.63, 3.8) is 0 Å². The second kappa shape index (κ2) is 8.99. The first kappa shape index (κ1) is 23.3. The van der Waals surface area contributed by atoms with Crippen molar-refractivity contribution < 1.29 is 28.5 Å². The van der Waals surface area contributed by atoms with Gasteiger partial charge in [-0.3, -0.25) is 9.89 Å². The van der Waals surface area contributed by atoms with Crippen LogP contribution in [0.25, 0.3) is 11.3 Å². The van der Waals surface area contributed by atoms with Crippen molar-refractivity contribution in [2.75, 3.05) is 21.3 Å². The summed E-state index contributed by atoms with van der Waals surface area (Å²) in [7, 11) is 4.63. The minimum Gasteiger partial charge on any atom is -0.507 e. The van der Waals surface area contributed by atoms with Crippen LogP contribution in [0, 0.1) is 13.8 Å². The van der Waals surface area contributed by atoms with Gasteiger partial charge in [-0.1, -0.05) is 6.07 Å².